The zero-order chi connectivity index (χ0) is 10.0. The molecule has 0 saturated carbocycles. The van der Waals surface area contributed by atoms with Gasteiger partial charge in [-0.15, -0.1) is 11.8 Å². The highest BCUT2D eigenvalue weighted by atomic mass is 32.2. The van der Waals surface area contributed by atoms with Crippen molar-refractivity contribution < 1.29 is 4.39 Å². The monoisotopic (exact) mass is 199 g/mol. The van der Waals surface area contributed by atoms with Crippen LogP contribution in [0.4, 0.5) is 4.39 Å². The molecule has 1 rings (SSSR count). The first kappa shape index (κ1) is 10.5. The fourth-order valence-electron chi connectivity index (χ4n) is 1.24. The summed E-state index contributed by atoms with van der Waals surface area (Å²) in [6.07, 6.45) is 1.98. The molecule has 0 fully saturated rings. The van der Waals surface area contributed by atoms with Gasteiger partial charge in [0.25, 0.3) is 0 Å². The van der Waals surface area contributed by atoms with Crippen molar-refractivity contribution in [2.45, 2.75) is 24.8 Å². The minimum Gasteiger partial charge on any atom is -0.324 e. The molecule has 1 atom stereocenters. The normalized spacial score (nSPS) is 13.0. The van der Waals surface area contributed by atoms with E-state index in [2.05, 4.69) is 0 Å². The molecule has 0 radical (unpaired) electrons. The summed E-state index contributed by atoms with van der Waals surface area (Å²) in [7, 11) is 0. The Bertz CT molecular complexity index is 310. The molecule has 1 nitrogen and oxygen atoms in total. The summed E-state index contributed by atoms with van der Waals surface area (Å²) in [4.78, 5) is 1.09. The highest BCUT2D eigenvalue weighted by Gasteiger charge is 2.09. The van der Waals surface area contributed by atoms with Gasteiger partial charge in [0.1, 0.15) is 5.82 Å². The van der Waals surface area contributed by atoms with Crippen LogP contribution in [0.1, 0.15) is 24.1 Å². The first-order chi connectivity index (χ1) is 6.06. The van der Waals surface area contributed by atoms with E-state index in [0.29, 0.717) is 5.56 Å². The molecule has 0 aliphatic heterocycles. The molecule has 0 saturated heterocycles. The lowest BCUT2D eigenvalue weighted by atomic mass is 10.1. The summed E-state index contributed by atoms with van der Waals surface area (Å²) < 4.78 is 13.3. The van der Waals surface area contributed by atoms with Crippen molar-refractivity contribution in [3.8, 4) is 0 Å². The molecule has 1 aromatic rings. The molecule has 3 heteroatoms. The highest BCUT2D eigenvalue weighted by Crippen LogP contribution is 2.25. The van der Waals surface area contributed by atoms with Crippen LogP contribution in [0.3, 0.4) is 0 Å². The second-order valence-corrected chi connectivity index (χ2v) is 3.98. The Morgan fingerprint density at radius 3 is 2.54 bits per heavy atom. The van der Waals surface area contributed by atoms with Crippen LogP contribution in [0, 0.1) is 12.7 Å². The van der Waals surface area contributed by atoms with Crippen LogP contribution < -0.4 is 5.73 Å². The van der Waals surface area contributed by atoms with Gasteiger partial charge in [-0.2, -0.15) is 0 Å². The van der Waals surface area contributed by atoms with Gasteiger partial charge < -0.3 is 5.73 Å². The number of halogens is 1. The third-order valence-electron chi connectivity index (χ3n) is 2.00. The van der Waals surface area contributed by atoms with Gasteiger partial charge in [0.05, 0.1) is 0 Å². The van der Waals surface area contributed by atoms with Crippen LogP contribution in [-0.2, 0) is 0 Å². The number of thioether (sulfide) groups is 1. The zero-order valence-electron chi connectivity index (χ0n) is 8.10. The SMILES string of the molecule is CSc1cc(C(C)N)c(F)cc1C. The lowest BCUT2D eigenvalue weighted by Gasteiger charge is -2.10. The summed E-state index contributed by atoms with van der Waals surface area (Å²) in [5.41, 5.74) is 7.20. The third kappa shape index (κ3) is 2.23. The Morgan fingerprint density at radius 2 is 2.08 bits per heavy atom. The maximum absolute atomic E-state index is 13.3. The zero-order valence-corrected chi connectivity index (χ0v) is 8.91. The van der Waals surface area contributed by atoms with E-state index in [1.54, 1.807) is 24.8 Å². The predicted molar refractivity (Wildman–Crippen MR) is 55.5 cm³/mol. The van der Waals surface area contributed by atoms with E-state index in [1.807, 2.05) is 19.2 Å². The minimum absolute atomic E-state index is 0.203. The van der Waals surface area contributed by atoms with Crippen LogP contribution in [-0.4, -0.2) is 6.26 Å². The van der Waals surface area contributed by atoms with Crippen LogP contribution >= 0.6 is 11.8 Å². The molecule has 0 aromatic heterocycles. The summed E-state index contributed by atoms with van der Waals surface area (Å²) in [6, 6.07) is 3.14. The van der Waals surface area contributed by atoms with Crippen LogP contribution in [0.2, 0.25) is 0 Å². The van der Waals surface area contributed by atoms with Gasteiger partial charge >= 0.3 is 0 Å². The minimum atomic E-state index is -0.244. The van der Waals surface area contributed by atoms with Gasteiger partial charge in [0.15, 0.2) is 0 Å². The van der Waals surface area contributed by atoms with Crippen molar-refractivity contribution in [3.63, 3.8) is 0 Å². The van der Waals surface area contributed by atoms with Crippen molar-refractivity contribution >= 4 is 11.8 Å². The summed E-state index contributed by atoms with van der Waals surface area (Å²) in [6.45, 7) is 3.69. The maximum Gasteiger partial charge on any atom is 0.128 e. The van der Waals surface area contributed by atoms with E-state index in [-0.39, 0.29) is 11.9 Å². The smallest absolute Gasteiger partial charge is 0.128 e. The molecule has 1 unspecified atom stereocenters. The molecule has 0 bridgehead atoms. The van der Waals surface area contributed by atoms with E-state index in [1.165, 1.54) is 0 Å². The predicted octanol–water partition coefficient (Wildman–Crippen LogP) is 2.88. The lowest BCUT2D eigenvalue weighted by molar-refractivity contribution is 0.590. The van der Waals surface area contributed by atoms with Crippen LogP contribution in [0.25, 0.3) is 0 Å². The average Bonchev–Trinajstić information content (AvgIpc) is 2.03. The molecule has 72 valence electrons. The maximum atomic E-state index is 13.3. The molecule has 2 N–H and O–H groups in total. The topological polar surface area (TPSA) is 26.0 Å². The Hall–Kier alpha value is -0.540. The van der Waals surface area contributed by atoms with Crippen molar-refractivity contribution in [2.75, 3.05) is 6.26 Å². The van der Waals surface area contributed by atoms with E-state index < -0.39 is 0 Å². The lowest BCUT2D eigenvalue weighted by Crippen LogP contribution is -2.08. The van der Waals surface area contributed by atoms with Crippen molar-refractivity contribution in [1.82, 2.24) is 0 Å². The van der Waals surface area contributed by atoms with Gasteiger partial charge in [0, 0.05) is 16.5 Å². The number of hydrogen-bond donors (Lipinski definition) is 1. The van der Waals surface area contributed by atoms with Gasteiger partial charge in [-0.25, -0.2) is 4.39 Å². The standard InChI is InChI=1S/C10H14FNS/c1-6-4-9(11)8(7(2)12)5-10(6)13-3/h4-5,7H,12H2,1-3H3. The molecular formula is C10H14FNS. The molecule has 0 spiro atoms. The molecule has 13 heavy (non-hydrogen) atoms. The first-order valence-corrected chi connectivity index (χ1v) is 5.38. The highest BCUT2D eigenvalue weighted by molar-refractivity contribution is 7.98. The van der Waals surface area contributed by atoms with E-state index >= 15 is 0 Å². The summed E-state index contributed by atoms with van der Waals surface area (Å²) in [5.74, 6) is -0.203. The van der Waals surface area contributed by atoms with Crippen molar-refractivity contribution in [2.24, 2.45) is 5.73 Å². The van der Waals surface area contributed by atoms with Gasteiger partial charge in [-0.1, -0.05) is 0 Å². The average molecular weight is 199 g/mol. The number of benzene rings is 1. The molecule has 0 aliphatic carbocycles. The molecular weight excluding hydrogens is 185 g/mol. The Labute approximate surface area is 82.5 Å². The largest absolute Gasteiger partial charge is 0.324 e. The van der Waals surface area contributed by atoms with Crippen molar-refractivity contribution in [1.29, 1.82) is 0 Å². The Balaban J connectivity index is 3.22. The van der Waals surface area contributed by atoms with Gasteiger partial charge in [-0.05, 0) is 37.8 Å². The fraction of sp³-hybridized carbons (Fsp3) is 0.400. The van der Waals surface area contributed by atoms with Gasteiger partial charge in [-0.3, -0.25) is 0 Å². The van der Waals surface area contributed by atoms with E-state index in [0.717, 1.165) is 10.5 Å². The van der Waals surface area contributed by atoms with Gasteiger partial charge in [0.2, 0.25) is 0 Å². The molecule has 0 heterocycles. The molecule has 0 aliphatic rings. The second-order valence-electron chi connectivity index (χ2n) is 3.13. The number of nitrogens with two attached hydrogens (primary N) is 1. The molecule has 1 aromatic carbocycles. The summed E-state index contributed by atoms with van der Waals surface area (Å²) in [5, 5.41) is 0. The van der Waals surface area contributed by atoms with Crippen LogP contribution in [0.15, 0.2) is 17.0 Å². The fourth-order valence-corrected chi connectivity index (χ4v) is 1.86. The van der Waals surface area contributed by atoms with Crippen LogP contribution in [0.5, 0.6) is 0 Å². The quantitative estimate of drug-likeness (QED) is 0.741. The van der Waals surface area contributed by atoms with E-state index in [4.69, 9.17) is 5.73 Å². The Morgan fingerprint density at radius 1 is 1.46 bits per heavy atom. The Kier molecular flexibility index (Phi) is 3.33. The van der Waals surface area contributed by atoms with Crippen molar-refractivity contribution in [3.05, 3.63) is 29.1 Å². The summed E-state index contributed by atoms with van der Waals surface area (Å²) >= 11 is 1.61. The van der Waals surface area contributed by atoms with E-state index in [9.17, 15) is 4.39 Å². The molecule has 0 amide bonds. The third-order valence-corrected chi connectivity index (χ3v) is 2.88. The second kappa shape index (κ2) is 4.11. The number of hydrogen-bond acceptors (Lipinski definition) is 2. The first-order valence-electron chi connectivity index (χ1n) is 4.16. The number of aryl methyl sites for hydroxylation is 1. The number of rotatable bonds is 2.